The molecular weight excluding hydrogens is 292 g/mol. The lowest BCUT2D eigenvalue weighted by Gasteiger charge is -2.17. The number of fused-ring (bicyclic) bond motifs is 1. The van der Waals surface area contributed by atoms with Crippen LogP contribution in [0.15, 0.2) is 22.7 Å². The van der Waals surface area contributed by atoms with E-state index in [4.69, 9.17) is 0 Å². The summed E-state index contributed by atoms with van der Waals surface area (Å²) in [7, 11) is 0. The molecule has 1 unspecified atom stereocenters. The van der Waals surface area contributed by atoms with Crippen molar-refractivity contribution < 1.29 is 4.79 Å². The minimum Gasteiger partial charge on any atom is -0.352 e. The first-order valence-corrected chi connectivity index (χ1v) is 7.33. The van der Waals surface area contributed by atoms with E-state index in [2.05, 4.69) is 44.8 Å². The van der Waals surface area contributed by atoms with Gasteiger partial charge in [-0.15, -0.1) is 0 Å². The van der Waals surface area contributed by atoms with Gasteiger partial charge in [0.2, 0.25) is 5.91 Å². The highest BCUT2D eigenvalue weighted by molar-refractivity contribution is 9.10. The van der Waals surface area contributed by atoms with Crippen molar-refractivity contribution in [2.24, 2.45) is 0 Å². The summed E-state index contributed by atoms with van der Waals surface area (Å²) < 4.78 is 1.16. The Morgan fingerprint density at radius 2 is 2.22 bits per heavy atom. The largest absolute Gasteiger partial charge is 0.352 e. The Bertz CT molecular complexity index is 475. The second-order valence-corrected chi connectivity index (χ2v) is 6.06. The Labute approximate surface area is 115 Å². The lowest BCUT2D eigenvalue weighted by molar-refractivity contribution is -0.119. The fraction of sp³-hybridized carbons (Fsp3) is 0.500. The number of rotatable bonds is 3. The van der Waals surface area contributed by atoms with Crippen LogP contribution >= 0.6 is 15.9 Å². The third-order valence-corrected chi connectivity index (χ3v) is 4.37. The van der Waals surface area contributed by atoms with Crippen molar-refractivity contribution in [1.29, 1.82) is 0 Å². The summed E-state index contributed by atoms with van der Waals surface area (Å²) in [5, 5.41) is 6.59. The predicted molar refractivity (Wildman–Crippen MR) is 74.4 cm³/mol. The minimum absolute atomic E-state index is 0.192. The summed E-state index contributed by atoms with van der Waals surface area (Å²) in [6.45, 7) is 0.881. The zero-order valence-corrected chi connectivity index (χ0v) is 11.8. The van der Waals surface area contributed by atoms with Crippen molar-refractivity contribution in [3.63, 3.8) is 0 Å². The Morgan fingerprint density at radius 3 is 3.00 bits per heavy atom. The Balaban J connectivity index is 1.61. The Kier molecular flexibility index (Phi) is 3.39. The van der Waals surface area contributed by atoms with Crippen molar-refractivity contribution in [2.45, 2.75) is 37.8 Å². The van der Waals surface area contributed by atoms with Gasteiger partial charge in [-0.1, -0.05) is 22.0 Å². The van der Waals surface area contributed by atoms with E-state index >= 15 is 0 Å². The SMILES string of the molecule is O=C1CC[C@@H](CNC2CCc3cc(Br)ccc32)N1. The van der Waals surface area contributed by atoms with Gasteiger partial charge in [0.15, 0.2) is 0 Å². The molecule has 2 atom stereocenters. The van der Waals surface area contributed by atoms with Crippen LogP contribution in [0.25, 0.3) is 0 Å². The topological polar surface area (TPSA) is 41.1 Å². The van der Waals surface area contributed by atoms with Gasteiger partial charge in [0.1, 0.15) is 0 Å². The van der Waals surface area contributed by atoms with Gasteiger partial charge >= 0.3 is 0 Å². The third-order valence-electron chi connectivity index (χ3n) is 3.88. The number of carbonyl (C=O) groups excluding carboxylic acids is 1. The summed E-state index contributed by atoms with van der Waals surface area (Å²) in [5.74, 6) is 0.192. The van der Waals surface area contributed by atoms with Crippen LogP contribution in [0.1, 0.15) is 36.4 Å². The van der Waals surface area contributed by atoms with Gasteiger partial charge in [-0.05, 0) is 42.5 Å². The van der Waals surface area contributed by atoms with Gasteiger partial charge in [-0.25, -0.2) is 0 Å². The number of aryl methyl sites for hydroxylation is 1. The van der Waals surface area contributed by atoms with Crippen LogP contribution in [0.5, 0.6) is 0 Å². The molecule has 0 spiro atoms. The molecule has 1 amide bonds. The lowest BCUT2D eigenvalue weighted by atomic mass is 10.1. The molecule has 0 bridgehead atoms. The molecule has 2 N–H and O–H groups in total. The first kappa shape index (κ1) is 12.2. The monoisotopic (exact) mass is 308 g/mol. The smallest absolute Gasteiger partial charge is 0.220 e. The molecule has 1 aliphatic carbocycles. The predicted octanol–water partition coefficient (Wildman–Crippen LogP) is 2.30. The van der Waals surface area contributed by atoms with E-state index in [1.54, 1.807) is 0 Å². The van der Waals surface area contributed by atoms with E-state index in [9.17, 15) is 4.79 Å². The first-order valence-electron chi connectivity index (χ1n) is 6.53. The van der Waals surface area contributed by atoms with Crippen LogP contribution in [0.2, 0.25) is 0 Å². The Morgan fingerprint density at radius 1 is 1.33 bits per heavy atom. The van der Waals surface area contributed by atoms with Gasteiger partial charge in [0, 0.05) is 29.5 Å². The number of carbonyl (C=O) groups is 1. The van der Waals surface area contributed by atoms with Gasteiger partial charge < -0.3 is 10.6 Å². The molecule has 1 heterocycles. The van der Waals surface area contributed by atoms with Crippen molar-refractivity contribution in [3.05, 3.63) is 33.8 Å². The molecule has 1 aliphatic heterocycles. The molecule has 18 heavy (non-hydrogen) atoms. The standard InChI is InChI=1S/C14H17BrN2O/c15-10-2-4-12-9(7-10)1-5-13(12)16-8-11-3-6-14(18)17-11/h2,4,7,11,13,16H,1,3,5-6,8H2,(H,17,18)/t11-,13?/m0/s1. The summed E-state index contributed by atoms with van der Waals surface area (Å²) in [6, 6.07) is 7.30. The zero-order chi connectivity index (χ0) is 12.5. The van der Waals surface area contributed by atoms with Gasteiger partial charge in [0.25, 0.3) is 0 Å². The number of benzene rings is 1. The highest BCUT2D eigenvalue weighted by Gasteiger charge is 2.25. The average Bonchev–Trinajstić information content (AvgIpc) is 2.92. The first-order chi connectivity index (χ1) is 8.72. The van der Waals surface area contributed by atoms with Crippen LogP contribution in [0, 0.1) is 0 Å². The molecule has 3 nitrogen and oxygen atoms in total. The summed E-state index contributed by atoms with van der Waals surface area (Å²) in [6.07, 6.45) is 3.95. The number of nitrogens with one attached hydrogen (secondary N) is 2. The Hall–Kier alpha value is -0.870. The van der Waals surface area contributed by atoms with Crippen LogP contribution < -0.4 is 10.6 Å². The van der Waals surface area contributed by atoms with Crippen LogP contribution in [-0.2, 0) is 11.2 Å². The van der Waals surface area contributed by atoms with E-state index in [0.29, 0.717) is 18.5 Å². The van der Waals surface area contributed by atoms with Crippen molar-refractivity contribution >= 4 is 21.8 Å². The number of halogens is 1. The fourth-order valence-electron chi connectivity index (χ4n) is 2.91. The number of hydrogen-bond acceptors (Lipinski definition) is 2. The average molecular weight is 309 g/mol. The second-order valence-electron chi connectivity index (χ2n) is 5.15. The molecular formula is C14H17BrN2O. The van der Waals surface area contributed by atoms with Crippen molar-refractivity contribution in [1.82, 2.24) is 10.6 Å². The maximum atomic E-state index is 11.1. The van der Waals surface area contributed by atoms with E-state index in [0.717, 1.165) is 30.3 Å². The van der Waals surface area contributed by atoms with Gasteiger partial charge in [-0.3, -0.25) is 4.79 Å². The van der Waals surface area contributed by atoms with E-state index in [1.807, 2.05) is 0 Å². The molecule has 1 fully saturated rings. The summed E-state index contributed by atoms with van der Waals surface area (Å²) >= 11 is 3.52. The molecule has 1 aromatic carbocycles. The molecule has 2 aliphatic rings. The second kappa shape index (κ2) is 5.02. The molecule has 0 saturated carbocycles. The quantitative estimate of drug-likeness (QED) is 0.899. The zero-order valence-electron chi connectivity index (χ0n) is 10.2. The van der Waals surface area contributed by atoms with E-state index in [-0.39, 0.29) is 5.91 Å². The van der Waals surface area contributed by atoms with Gasteiger partial charge in [0.05, 0.1) is 0 Å². The number of hydrogen-bond donors (Lipinski definition) is 2. The van der Waals surface area contributed by atoms with Crippen LogP contribution in [0.3, 0.4) is 0 Å². The molecule has 96 valence electrons. The van der Waals surface area contributed by atoms with Crippen molar-refractivity contribution in [2.75, 3.05) is 6.54 Å². The molecule has 1 saturated heterocycles. The summed E-state index contributed by atoms with van der Waals surface area (Å²) in [4.78, 5) is 11.1. The molecule has 0 aromatic heterocycles. The van der Waals surface area contributed by atoms with E-state index in [1.165, 1.54) is 11.1 Å². The maximum absolute atomic E-state index is 11.1. The van der Waals surface area contributed by atoms with E-state index < -0.39 is 0 Å². The van der Waals surface area contributed by atoms with Crippen molar-refractivity contribution in [3.8, 4) is 0 Å². The normalized spacial score (nSPS) is 26.2. The van der Waals surface area contributed by atoms with Crippen LogP contribution in [0.4, 0.5) is 0 Å². The molecule has 4 heteroatoms. The molecule has 3 rings (SSSR count). The fourth-order valence-corrected chi connectivity index (χ4v) is 3.32. The highest BCUT2D eigenvalue weighted by Crippen LogP contribution is 2.32. The summed E-state index contributed by atoms with van der Waals surface area (Å²) in [5.41, 5.74) is 2.86. The van der Waals surface area contributed by atoms with Crippen LogP contribution in [-0.4, -0.2) is 18.5 Å². The maximum Gasteiger partial charge on any atom is 0.220 e. The highest BCUT2D eigenvalue weighted by atomic mass is 79.9. The third kappa shape index (κ3) is 2.45. The lowest BCUT2D eigenvalue weighted by Crippen LogP contribution is -2.36. The molecule has 0 radical (unpaired) electrons. The van der Waals surface area contributed by atoms with Gasteiger partial charge in [-0.2, -0.15) is 0 Å². The molecule has 1 aromatic rings. The minimum atomic E-state index is 0.192. The number of amides is 1.